The fourth-order valence-corrected chi connectivity index (χ4v) is 2.46. The second-order valence-corrected chi connectivity index (χ2v) is 6.70. The van der Waals surface area contributed by atoms with E-state index >= 15 is 0 Å². The summed E-state index contributed by atoms with van der Waals surface area (Å²) < 4.78 is 1.04. The zero-order valence-electron chi connectivity index (χ0n) is 10.5. The predicted molar refractivity (Wildman–Crippen MR) is 79.5 cm³/mol. The topological polar surface area (TPSA) is 49.3 Å². The maximum absolute atomic E-state index is 11.5. The lowest BCUT2D eigenvalue weighted by molar-refractivity contribution is -0.116. The van der Waals surface area contributed by atoms with E-state index in [2.05, 4.69) is 21.2 Å². The van der Waals surface area contributed by atoms with Crippen molar-refractivity contribution in [2.45, 2.75) is 26.4 Å². The number of halogens is 1. The second kappa shape index (κ2) is 7.71. The van der Waals surface area contributed by atoms with Crippen molar-refractivity contribution in [3.05, 3.63) is 26.9 Å². The third-order valence-electron chi connectivity index (χ3n) is 2.52. The van der Waals surface area contributed by atoms with Gasteiger partial charge >= 0.3 is 0 Å². The van der Waals surface area contributed by atoms with Crippen LogP contribution in [-0.4, -0.2) is 23.7 Å². The quantitative estimate of drug-likeness (QED) is 0.787. The first-order chi connectivity index (χ1) is 8.49. The predicted octanol–water partition coefficient (Wildman–Crippen LogP) is 3.05. The molecule has 0 bridgehead atoms. The van der Waals surface area contributed by atoms with E-state index in [0.717, 1.165) is 9.35 Å². The van der Waals surface area contributed by atoms with Gasteiger partial charge in [-0.3, -0.25) is 4.79 Å². The molecule has 0 spiro atoms. The van der Waals surface area contributed by atoms with Crippen LogP contribution in [0.2, 0.25) is 0 Å². The Labute approximate surface area is 120 Å². The molecule has 1 rings (SSSR count). The van der Waals surface area contributed by atoms with Crippen LogP contribution in [0.25, 0.3) is 6.08 Å². The minimum atomic E-state index is -0.359. The van der Waals surface area contributed by atoms with E-state index in [9.17, 15) is 9.90 Å². The molecule has 0 aliphatic heterocycles. The molecule has 1 heterocycles. The van der Waals surface area contributed by atoms with Crippen molar-refractivity contribution < 1.29 is 9.90 Å². The van der Waals surface area contributed by atoms with Gasteiger partial charge in [-0.25, -0.2) is 0 Å². The minimum Gasteiger partial charge on any atom is -0.393 e. The van der Waals surface area contributed by atoms with Crippen molar-refractivity contribution in [3.63, 3.8) is 0 Å². The van der Waals surface area contributed by atoms with Crippen LogP contribution in [0.4, 0.5) is 0 Å². The smallest absolute Gasteiger partial charge is 0.244 e. The Morgan fingerprint density at radius 1 is 1.61 bits per heavy atom. The SMILES string of the molecule is CC(C)C(O)CCNC(=O)C=Cc1csc(Br)c1. The molecule has 100 valence electrons. The number of hydrogen-bond donors (Lipinski definition) is 2. The van der Waals surface area contributed by atoms with Gasteiger partial charge < -0.3 is 10.4 Å². The van der Waals surface area contributed by atoms with Crippen LogP contribution in [0.15, 0.2) is 21.3 Å². The van der Waals surface area contributed by atoms with E-state index < -0.39 is 0 Å². The van der Waals surface area contributed by atoms with E-state index in [1.165, 1.54) is 6.08 Å². The Hall–Kier alpha value is -0.650. The number of carbonyl (C=O) groups is 1. The van der Waals surface area contributed by atoms with Gasteiger partial charge in [0, 0.05) is 12.6 Å². The average Bonchev–Trinajstić information content (AvgIpc) is 2.72. The summed E-state index contributed by atoms with van der Waals surface area (Å²) in [4.78, 5) is 11.5. The molecule has 0 saturated heterocycles. The van der Waals surface area contributed by atoms with E-state index in [-0.39, 0.29) is 17.9 Å². The summed E-state index contributed by atoms with van der Waals surface area (Å²) in [5.74, 6) is 0.0916. The van der Waals surface area contributed by atoms with Gasteiger partial charge in [0.25, 0.3) is 0 Å². The van der Waals surface area contributed by atoms with Gasteiger partial charge in [-0.15, -0.1) is 11.3 Å². The zero-order valence-corrected chi connectivity index (χ0v) is 12.9. The molecule has 1 aromatic rings. The second-order valence-electron chi connectivity index (χ2n) is 4.41. The van der Waals surface area contributed by atoms with Crippen molar-refractivity contribution in [2.24, 2.45) is 5.92 Å². The molecule has 1 atom stereocenters. The molecule has 0 fully saturated rings. The average molecular weight is 332 g/mol. The molecule has 0 aromatic carbocycles. The third-order valence-corrected chi connectivity index (χ3v) is 4.05. The Kier molecular flexibility index (Phi) is 6.60. The van der Waals surface area contributed by atoms with E-state index in [1.807, 2.05) is 25.3 Å². The number of amides is 1. The van der Waals surface area contributed by atoms with Crippen LogP contribution in [0.3, 0.4) is 0 Å². The molecule has 0 saturated carbocycles. The van der Waals surface area contributed by atoms with Gasteiger partial charge in [-0.2, -0.15) is 0 Å². The van der Waals surface area contributed by atoms with Crippen molar-refractivity contribution in [2.75, 3.05) is 6.54 Å². The molecule has 5 heteroatoms. The summed E-state index contributed by atoms with van der Waals surface area (Å²) in [5.41, 5.74) is 1.00. The molecule has 0 aliphatic rings. The highest BCUT2D eigenvalue weighted by Crippen LogP contribution is 2.21. The summed E-state index contributed by atoms with van der Waals surface area (Å²) in [6.07, 6.45) is 3.51. The van der Waals surface area contributed by atoms with Crippen molar-refractivity contribution in [1.82, 2.24) is 5.32 Å². The molecule has 0 radical (unpaired) electrons. The number of aliphatic hydroxyl groups excluding tert-OH is 1. The van der Waals surface area contributed by atoms with Crippen LogP contribution in [0, 0.1) is 5.92 Å². The molecule has 18 heavy (non-hydrogen) atoms. The molecule has 1 unspecified atom stereocenters. The molecule has 3 nitrogen and oxygen atoms in total. The molecular weight excluding hydrogens is 314 g/mol. The fraction of sp³-hybridized carbons (Fsp3) is 0.462. The number of aliphatic hydroxyl groups is 1. The summed E-state index contributed by atoms with van der Waals surface area (Å²) >= 11 is 4.95. The van der Waals surface area contributed by atoms with Crippen molar-refractivity contribution in [1.29, 1.82) is 0 Å². The standard InChI is InChI=1S/C13H18BrNO2S/c1-9(2)11(16)5-6-15-13(17)4-3-10-7-12(14)18-8-10/h3-4,7-9,11,16H,5-6H2,1-2H3,(H,15,17). The monoisotopic (exact) mass is 331 g/mol. The first-order valence-electron chi connectivity index (χ1n) is 5.87. The van der Waals surface area contributed by atoms with Gasteiger partial charge in [0.15, 0.2) is 0 Å². The highest BCUT2D eigenvalue weighted by atomic mass is 79.9. The normalized spacial score (nSPS) is 13.2. The van der Waals surface area contributed by atoms with Gasteiger partial charge in [0.2, 0.25) is 5.91 Å². The highest BCUT2D eigenvalue weighted by molar-refractivity contribution is 9.11. The first-order valence-corrected chi connectivity index (χ1v) is 7.54. The molecule has 2 N–H and O–H groups in total. The van der Waals surface area contributed by atoms with Crippen LogP contribution in [0.5, 0.6) is 0 Å². The zero-order chi connectivity index (χ0) is 13.5. The molecule has 0 aliphatic carbocycles. The molecule has 1 aromatic heterocycles. The van der Waals surface area contributed by atoms with E-state index in [1.54, 1.807) is 17.4 Å². The largest absolute Gasteiger partial charge is 0.393 e. The van der Waals surface area contributed by atoms with Gasteiger partial charge in [0.1, 0.15) is 0 Å². The number of rotatable bonds is 6. The maximum Gasteiger partial charge on any atom is 0.244 e. The Morgan fingerprint density at radius 2 is 2.33 bits per heavy atom. The lowest BCUT2D eigenvalue weighted by Gasteiger charge is -2.13. The van der Waals surface area contributed by atoms with Gasteiger partial charge in [0.05, 0.1) is 9.89 Å². The van der Waals surface area contributed by atoms with Crippen molar-refractivity contribution in [3.8, 4) is 0 Å². The number of thiophene rings is 1. The van der Waals surface area contributed by atoms with Crippen LogP contribution >= 0.6 is 27.3 Å². The Morgan fingerprint density at radius 3 is 2.89 bits per heavy atom. The van der Waals surface area contributed by atoms with Crippen LogP contribution in [0.1, 0.15) is 25.8 Å². The minimum absolute atomic E-state index is 0.131. The molecular formula is C13H18BrNO2S. The fourth-order valence-electron chi connectivity index (χ4n) is 1.32. The number of nitrogens with one attached hydrogen (secondary N) is 1. The van der Waals surface area contributed by atoms with Crippen molar-refractivity contribution >= 4 is 39.2 Å². The number of hydrogen-bond acceptors (Lipinski definition) is 3. The summed E-state index contributed by atoms with van der Waals surface area (Å²) in [6.45, 7) is 4.41. The van der Waals surface area contributed by atoms with Crippen LogP contribution in [-0.2, 0) is 4.79 Å². The lowest BCUT2D eigenvalue weighted by atomic mass is 10.0. The van der Waals surface area contributed by atoms with E-state index in [4.69, 9.17) is 0 Å². The highest BCUT2D eigenvalue weighted by Gasteiger charge is 2.08. The summed E-state index contributed by atoms with van der Waals surface area (Å²) in [7, 11) is 0. The maximum atomic E-state index is 11.5. The summed E-state index contributed by atoms with van der Waals surface area (Å²) in [6, 6.07) is 1.96. The van der Waals surface area contributed by atoms with E-state index in [0.29, 0.717) is 13.0 Å². The van der Waals surface area contributed by atoms with Gasteiger partial charge in [-0.1, -0.05) is 13.8 Å². The Balaban J connectivity index is 2.27. The lowest BCUT2D eigenvalue weighted by Crippen LogP contribution is -2.27. The van der Waals surface area contributed by atoms with Gasteiger partial charge in [-0.05, 0) is 51.4 Å². The third kappa shape index (κ3) is 5.80. The first kappa shape index (κ1) is 15.4. The molecule has 1 amide bonds. The number of carbonyl (C=O) groups excluding carboxylic acids is 1. The summed E-state index contributed by atoms with van der Waals surface area (Å²) in [5, 5.41) is 14.3. The Bertz CT molecular complexity index is 415. The van der Waals surface area contributed by atoms with Crippen LogP contribution < -0.4 is 5.32 Å².